The quantitative estimate of drug-likeness (QED) is 0.811. The van der Waals surface area contributed by atoms with Gasteiger partial charge in [0.15, 0.2) is 0 Å². The van der Waals surface area contributed by atoms with E-state index in [0.717, 1.165) is 24.4 Å². The molecule has 0 radical (unpaired) electrons. The number of hydrogen-bond acceptors (Lipinski definition) is 4. The lowest BCUT2D eigenvalue weighted by atomic mass is 10.2. The minimum Gasteiger partial charge on any atom is -0.462 e. The molecule has 2 N–H and O–H groups in total. The molecule has 2 aromatic rings. The Kier molecular flexibility index (Phi) is 4.17. The highest BCUT2D eigenvalue weighted by molar-refractivity contribution is 5.16. The molecule has 18 heavy (non-hydrogen) atoms. The molecule has 0 aliphatic heterocycles. The summed E-state index contributed by atoms with van der Waals surface area (Å²) in [6, 6.07) is 3.67. The van der Waals surface area contributed by atoms with Crippen LogP contribution in [-0.2, 0) is 33.2 Å². The Bertz CT molecular complexity index is 502. The van der Waals surface area contributed by atoms with E-state index in [1.54, 1.807) is 6.07 Å². The fraction of sp³-hybridized carbons (Fsp3) is 0.462. The number of aliphatic hydroxyl groups is 1. The van der Waals surface area contributed by atoms with Gasteiger partial charge in [0.2, 0.25) is 0 Å². The van der Waals surface area contributed by atoms with Crippen LogP contribution in [0.15, 0.2) is 22.7 Å². The molecule has 0 aliphatic carbocycles. The van der Waals surface area contributed by atoms with Gasteiger partial charge in [0.1, 0.15) is 18.1 Å². The van der Waals surface area contributed by atoms with Gasteiger partial charge < -0.3 is 14.8 Å². The molecule has 0 bridgehead atoms. The molecule has 2 rings (SSSR count). The lowest BCUT2D eigenvalue weighted by Crippen LogP contribution is -2.12. The van der Waals surface area contributed by atoms with E-state index in [1.165, 1.54) is 5.56 Å². The van der Waals surface area contributed by atoms with Gasteiger partial charge >= 0.3 is 0 Å². The lowest BCUT2D eigenvalue weighted by molar-refractivity contribution is 0.242. The molecule has 98 valence electrons. The maximum absolute atomic E-state index is 8.90. The highest BCUT2D eigenvalue weighted by atomic mass is 16.4. The van der Waals surface area contributed by atoms with Crippen molar-refractivity contribution in [3.8, 4) is 0 Å². The molecule has 0 aliphatic rings. The zero-order chi connectivity index (χ0) is 13.0. The Hall–Kier alpha value is -1.59. The van der Waals surface area contributed by atoms with E-state index in [0.29, 0.717) is 12.3 Å². The van der Waals surface area contributed by atoms with Gasteiger partial charge in [0.05, 0.1) is 12.2 Å². The Morgan fingerprint density at radius 1 is 1.33 bits per heavy atom. The molecule has 0 saturated heterocycles. The van der Waals surface area contributed by atoms with Crippen molar-refractivity contribution >= 4 is 0 Å². The van der Waals surface area contributed by atoms with E-state index in [-0.39, 0.29) is 6.61 Å². The maximum atomic E-state index is 8.90. The molecule has 2 aromatic heterocycles. The molecule has 2 heterocycles. The normalized spacial score (nSPS) is 11.1. The summed E-state index contributed by atoms with van der Waals surface area (Å²) in [5.41, 5.74) is 2.34. The third kappa shape index (κ3) is 3.00. The van der Waals surface area contributed by atoms with E-state index in [1.807, 2.05) is 24.0 Å². The first-order valence-electron chi connectivity index (χ1n) is 6.13. The number of aliphatic hydroxyl groups excluding tert-OH is 1. The fourth-order valence-corrected chi connectivity index (χ4v) is 1.95. The molecule has 5 nitrogen and oxygen atoms in total. The summed E-state index contributed by atoms with van der Waals surface area (Å²) < 4.78 is 7.24. The predicted molar refractivity (Wildman–Crippen MR) is 67.8 cm³/mol. The Labute approximate surface area is 106 Å². The van der Waals surface area contributed by atoms with Gasteiger partial charge in [-0.15, -0.1) is 0 Å². The van der Waals surface area contributed by atoms with Crippen molar-refractivity contribution in [2.24, 2.45) is 7.05 Å². The first-order chi connectivity index (χ1) is 8.72. The second-order valence-corrected chi connectivity index (χ2v) is 4.26. The summed E-state index contributed by atoms with van der Waals surface area (Å²) in [5, 5.41) is 16.6. The average molecular weight is 249 g/mol. The Morgan fingerprint density at radius 2 is 2.11 bits per heavy atom. The zero-order valence-electron chi connectivity index (χ0n) is 10.8. The van der Waals surface area contributed by atoms with Crippen LogP contribution in [0.4, 0.5) is 0 Å². The summed E-state index contributed by atoms with van der Waals surface area (Å²) in [7, 11) is 1.93. The third-order valence-electron chi connectivity index (χ3n) is 2.81. The van der Waals surface area contributed by atoms with E-state index < -0.39 is 0 Å². The van der Waals surface area contributed by atoms with Gasteiger partial charge in [0, 0.05) is 25.4 Å². The smallest absolute Gasteiger partial charge is 0.129 e. The minimum atomic E-state index is -0.0530. The summed E-state index contributed by atoms with van der Waals surface area (Å²) >= 11 is 0. The fourth-order valence-electron chi connectivity index (χ4n) is 1.95. The summed E-state index contributed by atoms with van der Waals surface area (Å²) in [5.74, 6) is 1.43. The highest BCUT2D eigenvalue weighted by Gasteiger charge is 2.06. The predicted octanol–water partition coefficient (Wildman–Crippen LogP) is 1.36. The van der Waals surface area contributed by atoms with Crippen molar-refractivity contribution in [3.05, 3.63) is 41.1 Å². The second-order valence-electron chi connectivity index (χ2n) is 4.26. The first kappa shape index (κ1) is 12.9. The van der Waals surface area contributed by atoms with E-state index in [4.69, 9.17) is 9.52 Å². The number of rotatable bonds is 6. The molecule has 0 atom stereocenters. The van der Waals surface area contributed by atoms with Gasteiger partial charge in [0.25, 0.3) is 0 Å². The second kappa shape index (κ2) is 5.84. The molecule has 0 unspecified atom stereocenters. The molecule has 0 saturated carbocycles. The number of nitrogens with one attached hydrogen (secondary N) is 1. The van der Waals surface area contributed by atoms with Gasteiger partial charge in [-0.05, 0) is 18.6 Å². The molecular formula is C13H19N3O2. The number of nitrogens with zero attached hydrogens (tertiary/aromatic N) is 2. The maximum Gasteiger partial charge on any atom is 0.129 e. The van der Waals surface area contributed by atoms with Crippen molar-refractivity contribution in [2.75, 3.05) is 0 Å². The van der Waals surface area contributed by atoms with Gasteiger partial charge in [-0.3, -0.25) is 4.68 Å². The van der Waals surface area contributed by atoms with E-state index in [9.17, 15) is 0 Å². The first-order valence-corrected chi connectivity index (χ1v) is 6.13. The standard InChI is InChI=1S/C13H19N3O2/c1-3-13-10(8-16(2)15-13)6-14-7-11-4-5-12(9-17)18-11/h4-5,8,14,17H,3,6-7,9H2,1-2H3. The summed E-state index contributed by atoms with van der Waals surface area (Å²) in [4.78, 5) is 0. The average Bonchev–Trinajstić information content (AvgIpc) is 2.96. The van der Waals surface area contributed by atoms with Gasteiger partial charge in [-0.1, -0.05) is 6.92 Å². The minimum absolute atomic E-state index is 0.0530. The summed E-state index contributed by atoms with van der Waals surface area (Å²) in [6.07, 6.45) is 2.97. The Balaban J connectivity index is 1.87. The molecule has 0 spiro atoms. The monoisotopic (exact) mass is 249 g/mol. The van der Waals surface area contributed by atoms with Crippen LogP contribution < -0.4 is 5.32 Å². The molecule has 0 fully saturated rings. The van der Waals surface area contributed by atoms with Crippen molar-refractivity contribution in [3.63, 3.8) is 0 Å². The van der Waals surface area contributed by atoms with Crippen molar-refractivity contribution in [1.29, 1.82) is 0 Å². The van der Waals surface area contributed by atoms with Gasteiger partial charge in [-0.2, -0.15) is 5.10 Å². The largest absolute Gasteiger partial charge is 0.462 e. The molecular weight excluding hydrogens is 230 g/mol. The third-order valence-corrected chi connectivity index (χ3v) is 2.81. The molecule has 0 amide bonds. The van der Waals surface area contributed by atoms with Crippen LogP contribution in [0.5, 0.6) is 0 Å². The van der Waals surface area contributed by atoms with Gasteiger partial charge in [-0.25, -0.2) is 0 Å². The van der Waals surface area contributed by atoms with Crippen LogP contribution in [0.2, 0.25) is 0 Å². The number of hydrogen-bond donors (Lipinski definition) is 2. The highest BCUT2D eigenvalue weighted by Crippen LogP contribution is 2.09. The number of aryl methyl sites for hydroxylation is 2. The van der Waals surface area contributed by atoms with Crippen molar-refractivity contribution in [1.82, 2.24) is 15.1 Å². The molecule has 5 heteroatoms. The zero-order valence-corrected chi connectivity index (χ0v) is 10.8. The van der Waals surface area contributed by atoms with Crippen LogP contribution in [0.25, 0.3) is 0 Å². The van der Waals surface area contributed by atoms with Crippen molar-refractivity contribution in [2.45, 2.75) is 33.0 Å². The topological polar surface area (TPSA) is 63.2 Å². The van der Waals surface area contributed by atoms with Crippen LogP contribution >= 0.6 is 0 Å². The van der Waals surface area contributed by atoms with Crippen LogP contribution in [0, 0.1) is 0 Å². The molecule has 0 aromatic carbocycles. The van der Waals surface area contributed by atoms with Crippen molar-refractivity contribution < 1.29 is 9.52 Å². The lowest BCUT2D eigenvalue weighted by Gasteiger charge is -2.02. The number of furan rings is 1. The number of aromatic nitrogens is 2. The van der Waals surface area contributed by atoms with E-state index >= 15 is 0 Å². The van der Waals surface area contributed by atoms with Crippen LogP contribution in [-0.4, -0.2) is 14.9 Å². The Morgan fingerprint density at radius 3 is 2.78 bits per heavy atom. The van der Waals surface area contributed by atoms with Crippen LogP contribution in [0.1, 0.15) is 29.7 Å². The summed E-state index contributed by atoms with van der Waals surface area (Å²) in [6.45, 7) is 3.47. The van der Waals surface area contributed by atoms with Crippen LogP contribution in [0.3, 0.4) is 0 Å². The van der Waals surface area contributed by atoms with E-state index in [2.05, 4.69) is 17.3 Å². The SMILES string of the molecule is CCc1nn(C)cc1CNCc1ccc(CO)o1.